The molecule has 0 aliphatic carbocycles. The van der Waals surface area contributed by atoms with Crippen LogP contribution in [0.2, 0.25) is 0 Å². The summed E-state index contributed by atoms with van der Waals surface area (Å²) in [5.41, 5.74) is 0.796. The van der Waals surface area contributed by atoms with Crippen molar-refractivity contribution in [3.05, 3.63) is 23.9 Å². The lowest BCUT2D eigenvalue weighted by atomic mass is 10.2. The SMILES string of the molecule is CC(=O)C1=CN(C)CCC=C1. The number of carbonyl (C=O) groups excluding carboxylic acids is 1. The normalized spacial score (nSPS) is 17.6. The predicted molar refractivity (Wildman–Crippen MR) is 45.2 cm³/mol. The van der Waals surface area contributed by atoms with Crippen LogP contribution >= 0.6 is 0 Å². The molecule has 0 aromatic heterocycles. The van der Waals surface area contributed by atoms with Gasteiger partial charge in [-0.3, -0.25) is 4.79 Å². The highest BCUT2D eigenvalue weighted by Crippen LogP contribution is 2.06. The minimum absolute atomic E-state index is 0.134. The van der Waals surface area contributed by atoms with Crippen molar-refractivity contribution in [3.8, 4) is 0 Å². The maximum Gasteiger partial charge on any atom is 0.161 e. The summed E-state index contributed by atoms with van der Waals surface area (Å²) in [4.78, 5) is 13.0. The van der Waals surface area contributed by atoms with E-state index in [4.69, 9.17) is 0 Å². The Morgan fingerprint density at radius 3 is 3.00 bits per heavy atom. The van der Waals surface area contributed by atoms with E-state index in [1.807, 2.05) is 30.3 Å². The molecule has 2 heteroatoms. The van der Waals surface area contributed by atoms with Crippen LogP contribution in [0.1, 0.15) is 13.3 Å². The number of Topliss-reactive ketones (excluding diaryl/α,β-unsaturated/α-hetero) is 1. The molecule has 0 saturated heterocycles. The third kappa shape index (κ3) is 2.22. The molecule has 1 rings (SSSR count). The van der Waals surface area contributed by atoms with Crippen LogP contribution < -0.4 is 0 Å². The molecular formula is C9H13NO. The van der Waals surface area contributed by atoms with E-state index in [9.17, 15) is 4.79 Å². The standard InChI is InChI=1S/C9H13NO/c1-8(11)9-5-3-4-6-10(2)7-9/h3,5,7H,4,6H2,1-2H3. The van der Waals surface area contributed by atoms with E-state index in [-0.39, 0.29) is 5.78 Å². The number of nitrogens with zero attached hydrogens (tertiary/aromatic N) is 1. The average molecular weight is 151 g/mol. The minimum Gasteiger partial charge on any atom is -0.380 e. The molecule has 0 N–H and O–H groups in total. The first-order chi connectivity index (χ1) is 5.20. The van der Waals surface area contributed by atoms with Gasteiger partial charge in [0.2, 0.25) is 0 Å². The van der Waals surface area contributed by atoms with Crippen LogP contribution in [-0.4, -0.2) is 24.3 Å². The van der Waals surface area contributed by atoms with Crippen LogP contribution in [0.15, 0.2) is 23.9 Å². The van der Waals surface area contributed by atoms with Crippen LogP contribution in [0.25, 0.3) is 0 Å². The van der Waals surface area contributed by atoms with E-state index in [2.05, 4.69) is 0 Å². The zero-order valence-corrected chi connectivity index (χ0v) is 7.00. The van der Waals surface area contributed by atoms with Gasteiger partial charge in [-0.05, 0) is 13.3 Å². The van der Waals surface area contributed by atoms with Crippen molar-refractivity contribution in [2.45, 2.75) is 13.3 Å². The van der Waals surface area contributed by atoms with Gasteiger partial charge in [0.05, 0.1) is 0 Å². The van der Waals surface area contributed by atoms with E-state index >= 15 is 0 Å². The van der Waals surface area contributed by atoms with Gasteiger partial charge in [-0.25, -0.2) is 0 Å². The fourth-order valence-electron chi connectivity index (χ4n) is 1.04. The summed E-state index contributed by atoms with van der Waals surface area (Å²) in [7, 11) is 1.98. The highest BCUT2D eigenvalue weighted by molar-refractivity contribution is 5.95. The maximum atomic E-state index is 11.0. The fourth-order valence-corrected chi connectivity index (χ4v) is 1.04. The molecule has 0 atom stereocenters. The minimum atomic E-state index is 0.134. The number of ketones is 1. The second-order valence-corrected chi connectivity index (χ2v) is 2.81. The highest BCUT2D eigenvalue weighted by atomic mass is 16.1. The molecular weight excluding hydrogens is 138 g/mol. The second-order valence-electron chi connectivity index (χ2n) is 2.81. The molecule has 0 saturated carbocycles. The van der Waals surface area contributed by atoms with E-state index in [0.29, 0.717) is 0 Å². The molecule has 0 fully saturated rings. The number of allylic oxidation sites excluding steroid dienone is 2. The van der Waals surface area contributed by atoms with Crippen molar-refractivity contribution in [1.82, 2.24) is 4.90 Å². The lowest BCUT2D eigenvalue weighted by Crippen LogP contribution is -2.11. The summed E-state index contributed by atoms with van der Waals surface area (Å²) in [5.74, 6) is 0.134. The summed E-state index contributed by atoms with van der Waals surface area (Å²) in [6.07, 6.45) is 6.85. The topological polar surface area (TPSA) is 20.3 Å². The van der Waals surface area contributed by atoms with Crippen LogP contribution in [0, 0.1) is 0 Å². The molecule has 0 aromatic rings. The highest BCUT2D eigenvalue weighted by Gasteiger charge is 2.03. The Morgan fingerprint density at radius 1 is 1.64 bits per heavy atom. The molecule has 1 heterocycles. The van der Waals surface area contributed by atoms with Gasteiger partial charge in [-0.1, -0.05) is 12.2 Å². The van der Waals surface area contributed by atoms with Gasteiger partial charge in [-0.2, -0.15) is 0 Å². The first-order valence-electron chi connectivity index (χ1n) is 3.79. The Kier molecular flexibility index (Phi) is 2.47. The summed E-state index contributed by atoms with van der Waals surface area (Å²) in [6.45, 7) is 2.59. The van der Waals surface area contributed by atoms with Crippen molar-refractivity contribution < 1.29 is 4.79 Å². The first kappa shape index (κ1) is 8.05. The van der Waals surface area contributed by atoms with E-state index < -0.39 is 0 Å². The number of hydrogen-bond acceptors (Lipinski definition) is 2. The quantitative estimate of drug-likeness (QED) is 0.564. The average Bonchev–Trinajstić information content (AvgIpc) is 2.13. The lowest BCUT2D eigenvalue weighted by molar-refractivity contribution is -0.113. The molecule has 1 aliphatic rings. The van der Waals surface area contributed by atoms with E-state index in [1.54, 1.807) is 6.92 Å². The Balaban J connectivity index is 2.79. The Bertz CT molecular complexity index is 216. The van der Waals surface area contributed by atoms with Crippen LogP contribution in [0.3, 0.4) is 0 Å². The fraction of sp³-hybridized carbons (Fsp3) is 0.444. The van der Waals surface area contributed by atoms with Gasteiger partial charge in [-0.15, -0.1) is 0 Å². The molecule has 0 radical (unpaired) electrons. The summed E-state index contributed by atoms with van der Waals surface area (Å²) >= 11 is 0. The van der Waals surface area contributed by atoms with Gasteiger partial charge in [0.1, 0.15) is 0 Å². The van der Waals surface area contributed by atoms with Crippen LogP contribution in [0.4, 0.5) is 0 Å². The number of hydrogen-bond donors (Lipinski definition) is 0. The van der Waals surface area contributed by atoms with Crippen molar-refractivity contribution in [3.63, 3.8) is 0 Å². The van der Waals surface area contributed by atoms with E-state index in [0.717, 1.165) is 18.5 Å². The summed E-state index contributed by atoms with van der Waals surface area (Å²) in [5, 5.41) is 0. The largest absolute Gasteiger partial charge is 0.380 e. The first-order valence-corrected chi connectivity index (χ1v) is 3.79. The third-order valence-corrected chi connectivity index (χ3v) is 1.71. The van der Waals surface area contributed by atoms with Crippen LogP contribution in [-0.2, 0) is 4.79 Å². The summed E-state index contributed by atoms with van der Waals surface area (Å²) in [6, 6.07) is 0. The van der Waals surface area contributed by atoms with Crippen molar-refractivity contribution in [2.24, 2.45) is 0 Å². The number of rotatable bonds is 1. The number of carbonyl (C=O) groups is 1. The van der Waals surface area contributed by atoms with Crippen LogP contribution in [0.5, 0.6) is 0 Å². The monoisotopic (exact) mass is 151 g/mol. The molecule has 11 heavy (non-hydrogen) atoms. The molecule has 0 unspecified atom stereocenters. The van der Waals surface area contributed by atoms with Gasteiger partial charge in [0.15, 0.2) is 5.78 Å². The van der Waals surface area contributed by atoms with Crippen molar-refractivity contribution >= 4 is 5.78 Å². The van der Waals surface area contributed by atoms with E-state index in [1.165, 1.54) is 0 Å². The summed E-state index contributed by atoms with van der Waals surface area (Å²) < 4.78 is 0. The molecule has 1 aliphatic heterocycles. The van der Waals surface area contributed by atoms with Gasteiger partial charge in [0.25, 0.3) is 0 Å². The molecule has 0 aromatic carbocycles. The zero-order chi connectivity index (χ0) is 8.27. The Hall–Kier alpha value is -1.05. The second kappa shape index (κ2) is 3.37. The maximum absolute atomic E-state index is 11.0. The molecule has 0 spiro atoms. The lowest BCUT2D eigenvalue weighted by Gasteiger charge is -2.10. The van der Waals surface area contributed by atoms with Gasteiger partial charge >= 0.3 is 0 Å². The molecule has 60 valence electrons. The molecule has 2 nitrogen and oxygen atoms in total. The van der Waals surface area contributed by atoms with Gasteiger partial charge < -0.3 is 4.90 Å². The predicted octanol–water partition coefficient (Wildman–Crippen LogP) is 1.35. The molecule has 0 bridgehead atoms. The van der Waals surface area contributed by atoms with Crippen molar-refractivity contribution in [1.29, 1.82) is 0 Å². The van der Waals surface area contributed by atoms with Crippen molar-refractivity contribution in [2.75, 3.05) is 13.6 Å². The van der Waals surface area contributed by atoms with Gasteiger partial charge in [0, 0.05) is 25.4 Å². The zero-order valence-electron chi connectivity index (χ0n) is 7.00. The Morgan fingerprint density at radius 2 is 2.36 bits per heavy atom. The Labute approximate surface area is 67.2 Å². The molecule has 0 amide bonds. The third-order valence-electron chi connectivity index (χ3n) is 1.71. The smallest absolute Gasteiger partial charge is 0.161 e.